The van der Waals surface area contributed by atoms with Crippen LogP contribution >= 0.6 is 11.8 Å². The van der Waals surface area contributed by atoms with E-state index in [-0.39, 0.29) is 25.0 Å². The fourth-order valence-corrected chi connectivity index (χ4v) is 2.65. The van der Waals surface area contributed by atoms with E-state index < -0.39 is 0 Å². The Bertz CT molecular complexity index is 450. The fourth-order valence-electron chi connectivity index (χ4n) is 1.87. The molecule has 0 aliphatic heterocycles. The molecule has 0 aliphatic carbocycles. The summed E-state index contributed by atoms with van der Waals surface area (Å²) in [6.45, 7) is 0.939. The van der Waals surface area contributed by atoms with E-state index in [0.717, 1.165) is 0 Å². The summed E-state index contributed by atoms with van der Waals surface area (Å²) in [4.78, 5) is 24.2. The van der Waals surface area contributed by atoms with Gasteiger partial charge in [0.1, 0.15) is 18.8 Å². The van der Waals surface area contributed by atoms with Crippen LogP contribution < -0.4 is 10.2 Å². The molecule has 0 unspecified atom stereocenters. The van der Waals surface area contributed by atoms with Crippen molar-refractivity contribution < 1.29 is 24.7 Å². The molecule has 0 spiro atoms. The maximum Gasteiger partial charge on any atom is 0.322 e. The molecule has 1 aromatic carbocycles. The van der Waals surface area contributed by atoms with Crippen molar-refractivity contribution in [3.05, 3.63) is 35.9 Å². The Morgan fingerprint density at radius 1 is 1.09 bits per heavy atom. The van der Waals surface area contributed by atoms with Gasteiger partial charge in [-0.1, -0.05) is 18.2 Å². The number of aliphatic hydroxyl groups is 2. The largest absolute Gasteiger partial charge is 0.390 e. The SMILES string of the molecule is O=C(NCCSCC(=O)[NH+](CCO)CCO)c1ccccc1. The van der Waals surface area contributed by atoms with E-state index in [2.05, 4.69) is 5.32 Å². The Hall–Kier alpha value is -1.41. The van der Waals surface area contributed by atoms with Crippen molar-refractivity contribution in [2.45, 2.75) is 0 Å². The summed E-state index contributed by atoms with van der Waals surface area (Å²) in [6, 6.07) is 8.96. The first-order chi connectivity index (χ1) is 10.7. The summed E-state index contributed by atoms with van der Waals surface area (Å²) in [5.41, 5.74) is 0.616. The van der Waals surface area contributed by atoms with Crippen molar-refractivity contribution in [3.63, 3.8) is 0 Å². The maximum absolute atomic E-state index is 11.9. The van der Waals surface area contributed by atoms with E-state index in [0.29, 0.717) is 41.6 Å². The van der Waals surface area contributed by atoms with E-state index in [1.54, 1.807) is 12.1 Å². The van der Waals surface area contributed by atoms with Gasteiger partial charge in [-0.05, 0) is 12.1 Å². The fraction of sp³-hybridized carbons (Fsp3) is 0.467. The molecule has 0 heterocycles. The lowest BCUT2D eigenvalue weighted by Crippen LogP contribution is -3.16. The van der Waals surface area contributed by atoms with Gasteiger partial charge in [0, 0.05) is 17.9 Å². The molecule has 2 amide bonds. The Balaban J connectivity index is 2.19. The van der Waals surface area contributed by atoms with Gasteiger partial charge in [0.05, 0.1) is 13.2 Å². The number of aliphatic hydroxyl groups excluding tert-OH is 2. The molecule has 122 valence electrons. The van der Waals surface area contributed by atoms with Crippen molar-refractivity contribution in [2.75, 3.05) is 44.4 Å². The average Bonchev–Trinajstić information content (AvgIpc) is 2.54. The average molecular weight is 327 g/mol. The van der Waals surface area contributed by atoms with Crippen molar-refractivity contribution in [1.29, 1.82) is 0 Å². The number of carbonyl (C=O) groups excluding carboxylic acids is 2. The number of carbonyl (C=O) groups is 2. The molecule has 0 radical (unpaired) electrons. The highest BCUT2D eigenvalue weighted by molar-refractivity contribution is 7.99. The second-order valence-electron chi connectivity index (χ2n) is 4.65. The highest BCUT2D eigenvalue weighted by atomic mass is 32.2. The number of amides is 2. The summed E-state index contributed by atoms with van der Waals surface area (Å²) in [5.74, 6) is 0.773. The minimum atomic E-state index is -0.125. The molecule has 0 fully saturated rings. The van der Waals surface area contributed by atoms with Gasteiger partial charge in [-0.15, -0.1) is 11.8 Å². The lowest BCUT2D eigenvalue weighted by atomic mass is 10.2. The smallest absolute Gasteiger partial charge is 0.322 e. The van der Waals surface area contributed by atoms with E-state index >= 15 is 0 Å². The van der Waals surface area contributed by atoms with E-state index in [1.807, 2.05) is 18.2 Å². The molecular weight excluding hydrogens is 304 g/mol. The van der Waals surface area contributed by atoms with Gasteiger partial charge in [0.15, 0.2) is 0 Å². The number of quaternary nitrogens is 1. The number of hydrogen-bond acceptors (Lipinski definition) is 5. The highest BCUT2D eigenvalue weighted by Gasteiger charge is 2.17. The second kappa shape index (κ2) is 11.2. The highest BCUT2D eigenvalue weighted by Crippen LogP contribution is 1.99. The van der Waals surface area contributed by atoms with Gasteiger partial charge in [-0.25, -0.2) is 4.79 Å². The molecule has 1 rings (SSSR count). The van der Waals surface area contributed by atoms with Crippen LogP contribution in [0.25, 0.3) is 0 Å². The number of nitrogens with one attached hydrogen (secondary N) is 2. The summed E-state index contributed by atoms with van der Waals surface area (Å²) in [5, 5.41) is 20.6. The van der Waals surface area contributed by atoms with Crippen LogP contribution in [0, 0.1) is 0 Å². The van der Waals surface area contributed by atoms with E-state index in [1.165, 1.54) is 11.8 Å². The van der Waals surface area contributed by atoms with Gasteiger partial charge >= 0.3 is 5.91 Å². The summed E-state index contributed by atoms with van der Waals surface area (Å²) in [6.07, 6.45) is 0. The summed E-state index contributed by atoms with van der Waals surface area (Å²) < 4.78 is 0. The van der Waals surface area contributed by atoms with Crippen molar-refractivity contribution in [2.24, 2.45) is 0 Å². The van der Waals surface area contributed by atoms with Crippen LogP contribution in [-0.4, -0.2) is 66.4 Å². The van der Waals surface area contributed by atoms with Gasteiger partial charge in [-0.3, -0.25) is 9.69 Å². The Kier molecular flexibility index (Phi) is 9.49. The zero-order valence-electron chi connectivity index (χ0n) is 12.5. The van der Waals surface area contributed by atoms with Gasteiger partial charge < -0.3 is 15.5 Å². The minimum Gasteiger partial charge on any atom is -0.390 e. The molecule has 7 heteroatoms. The third-order valence-electron chi connectivity index (χ3n) is 3.02. The van der Waals surface area contributed by atoms with Crippen LogP contribution in [0.3, 0.4) is 0 Å². The lowest BCUT2D eigenvalue weighted by molar-refractivity contribution is -0.820. The van der Waals surface area contributed by atoms with Gasteiger partial charge in [0.2, 0.25) is 0 Å². The number of benzene rings is 1. The van der Waals surface area contributed by atoms with Crippen LogP contribution in [0.4, 0.5) is 0 Å². The molecule has 6 nitrogen and oxygen atoms in total. The maximum atomic E-state index is 11.9. The number of thioether (sulfide) groups is 1. The zero-order valence-corrected chi connectivity index (χ0v) is 13.3. The summed E-state index contributed by atoms with van der Waals surface area (Å²) in [7, 11) is 0. The number of hydrogen-bond donors (Lipinski definition) is 4. The predicted molar refractivity (Wildman–Crippen MR) is 86.0 cm³/mol. The van der Waals surface area contributed by atoms with E-state index in [4.69, 9.17) is 10.2 Å². The van der Waals surface area contributed by atoms with Crippen molar-refractivity contribution in [3.8, 4) is 0 Å². The quantitative estimate of drug-likeness (QED) is 0.395. The first kappa shape index (κ1) is 18.6. The lowest BCUT2D eigenvalue weighted by Gasteiger charge is -2.14. The molecule has 22 heavy (non-hydrogen) atoms. The molecule has 0 bridgehead atoms. The Morgan fingerprint density at radius 2 is 1.73 bits per heavy atom. The molecule has 0 saturated carbocycles. The van der Waals surface area contributed by atoms with Crippen LogP contribution in [-0.2, 0) is 4.79 Å². The monoisotopic (exact) mass is 327 g/mol. The molecule has 0 aromatic heterocycles. The number of rotatable bonds is 10. The molecule has 4 N–H and O–H groups in total. The Morgan fingerprint density at radius 3 is 2.32 bits per heavy atom. The molecule has 0 atom stereocenters. The zero-order chi connectivity index (χ0) is 16.2. The first-order valence-electron chi connectivity index (χ1n) is 7.19. The topological polar surface area (TPSA) is 91.1 Å². The first-order valence-corrected chi connectivity index (χ1v) is 8.35. The van der Waals surface area contributed by atoms with Crippen molar-refractivity contribution in [1.82, 2.24) is 5.32 Å². The van der Waals surface area contributed by atoms with Crippen LogP contribution in [0.5, 0.6) is 0 Å². The van der Waals surface area contributed by atoms with Gasteiger partial charge in [-0.2, -0.15) is 0 Å². The minimum absolute atomic E-state index is 0.0394. The normalized spacial score (nSPS) is 10.7. The second-order valence-corrected chi connectivity index (χ2v) is 5.75. The summed E-state index contributed by atoms with van der Waals surface area (Å²) >= 11 is 1.43. The molecular formula is C15H23N2O4S+. The predicted octanol–water partition coefficient (Wildman–Crippen LogP) is -1.45. The third-order valence-corrected chi connectivity index (χ3v) is 3.98. The van der Waals surface area contributed by atoms with E-state index in [9.17, 15) is 9.59 Å². The van der Waals surface area contributed by atoms with Crippen molar-refractivity contribution >= 4 is 23.6 Å². The van der Waals surface area contributed by atoms with Crippen LogP contribution in [0.15, 0.2) is 30.3 Å². The molecule has 0 saturated heterocycles. The van der Waals surface area contributed by atoms with Crippen LogP contribution in [0.2, 0.25) is 0 Å². The standard InChI is InChI=1S/C15H22N2O4S/c18-9-7-17(8-10-19)14(20)12-22-11-6-16-15(21)13-4-2-1-3-5-13/h1-5,18-19H,6-12H2,(H,16,21)/p+1. The van der Waals surface area contributed by atoms with Gasteiger partial charge in [0.25, 0.3) is 5.91 Å². The molecule has 1 aromatic rings. The van der Waals surface area contributed by atoms with Crippen LogP contribution in [0.1, 0.15) is 10.4 Å². The Labute approximate surface area is 134 Å². The molecule has 0 aliphatic rings. The third kappa shape index (κ3) is 7.04.